The first-order valence-corrected chi connectivity index (χ1v) is 8.33. The average Bonchev–Trinajstić information content (AvgIpc) is 2.88. The average molecular weight is 315 g/mol. The van der Waals surface area contributed by atoms with Gasteiger partial charge < -0.3 is 5.32 Å². The lowest BCUT2D eigenvalue weighted by Crippen LogP contribution is -2.25. The molecule has 1 aliphatic rings. The maximum Gasteiger partial charge on any atom is 0.237 e. The monoisotopic (exact) mass is 314 g/mol. The van der Waals surface area contributed by atoms with Gasteiger partial charge in [0.05, 0.1) is 11.8 Å². The number of aliphatic imine (C=N–C) groups is 1. The Morgan fingerprint density at radius 2 is 2.47 bits per heavy atom. The molecule has 1 amide bonds. The van der Waals surface area contributed by atoms with E-state index >= 15 is 0 Å². The van der Waals surface area contributed by atoms with E-state index in [9.17, 15) is 4.79 Å². The van der Waals surface area contributed by atoms with Gasteiger partial charge in [-0.3, -0.25) is 9.79 Å². The molecule has 6 heteroatoms. The molecule has 1 unspecified atom stereocenters. The quantitative estimate of drug-likeness (QED) is 0.916. The summed E-state index contributed by atoms with van der Waals surface area (Å²) < 4.78 is 1.02. The number of halogens is 1. The molecule has 0 saturated heterocycles. The molecular weight excluding hydrogens is 300 g/mol. The van der Waals surface area contributed by atoms with Crippen LogP contribution in [0.25, 0.3) is 0 Å². The van der Waals surface area contributed by atoms with Gasteiger partial charge in [-0.15, -0.1) is 0 Å². The van der Waals surface area contributed by atoms with Crippen LogP contribution in [0.4, 0.5) is 5.69 Å². The van der Waals surface area contributed by atoms with Gasteiger partial charge in [0.1, 0.15) is 4.38 Å². The van der Waals surface area contributed by atoms with Crippen LogP contribution in [-0.2, 0) is 4.79 Å². The molecule has 0 fully saturated rings. The van der Waals surface area contributed by atoms with E-state index in [4.69, 9.17) is 11.6 Å². The molecule has 1 N–H and O–H groups in total. The lowest BCUT2D eigenvalue weighted by Gasteiger charge is -2.14. The summed E-state index contributed by atoms with van der Waals surface area (Å²) in [6.07, 6.45) is 0.774. The predicted octanol–water partition coefficient (Wildman–Crippen LogP) is 3.89. The van der Waals surface area contributed by atoms with Gasteiger partial charge in [0.15, 0.2) is 0 Å². The molecule has 3 nitrogen and oxygen atoms in total. The molecule has 1 heterocycles. The Balaban J connectivity index is 1.96. The molecule has 0 aliphatic carbocycles. The van der Waals surface area contributed by atoms with Gasteiger partial charge in [-0.1, -0.05) is 48.1 Å². The van der Waals surface area contributed by atoms with Crippen molar-refractivity contribution < 1.29 is 4.79 Å². The summed E-state index contributed by atoms with van der Waals surface area (Å²) in [5, 5.41) is 3.41. The minimum atomic E-state index is -0.108. The van der Waals surface area contributed by atoms with E-state index in [0.29, 0.717) is 5.02 Å². The van der Waals surface area contributed by atoms with E-state index in [2.05, 4.69) is 10.3 Å². The molecular formula is C13H15ClN2OS2. The Labute approximate surface area is 126 Å². The molecule has 0 saturated carbocycles. The van der Waals surface area contributed by atoms with Crippen molar-refractivity contribution in [3.05, 3.63) is 29.3 Å². The molecule has 0 bridgehead atoms. The number of nitrogens with one attached hydrogen (secondary N) is 1. The Bertz CT molecular complexity index is 493. The van der Waals surface area contributed by atoms with Crippen LogP contribution in [0.1, 0.15) is 13.3 Å². The highest BCUT2D eigenvalue weighted by Gasteiger charge is 2.21. The fraction of sp³-hybridized carbons (Fsp3) is 0.385. The highest BCUT2D eigenvalue weighted by molar-refractivity contribution is 8.39. The van der Waals surface area contributed by atoms with Crippen LogP contribution in [0.5, 0.6) is 0 Å². The smallest absolute Gasteiger partial charge is 0.237 e. The fourth-order valence-electron chi connectivity index (χ4n) is 1.62. The highest BCUT2D eigenvalue weighted by Crippen LogP contribution is 2.28. The molecule has 1 aliphatic heterocycles. The molecule has 0 spiro atoms. The first-order chi connectivity index (χ1) is 9.19. The van der Waals surface area contributed by atoms with Crippen LogP contribution in [0, 0.1) is 0 Å². The molecule has 0 aromatic heterocycles. The van der Waals surface area contributed by atoms with Crippen LogP contribution < -0.4 is 5.32 Å². The molecule has 19 heavy (non-hydrogen) atoms. The first-order valence-electron chi connectivity index (χ1n) is 6.09. The molecule has 102 valence electrons. The third kappa shape index (κ3) is 4.44. The number of rotatable bonds is 4. The molecule has 2 rings (SSSR count). The Hall–Kier alpha value is -0.650. The minimum absolute atomic E-state index is 0.00460. The number of nitrogens with zero attached hydrogens (tertiary/aromatic N) is 1. The van der Waals surface area contributed by atoms with Crippen LogP contribution in [0.2, 0.25) is 5.02 Å². The van der Waals surface area contributed by atoms with Crippen molar-refractivity contribution in [1.82, 2.24) is 0 Å². The maximum atomic E-state index is 12.2. The number of hydrogen-bond acceptors (Lipinski definition) is 4. The van der Waals surface area contributed by atoms with Crippen molar-refractivity contribution in [3.63, 3.8) is 0 Å². The Kier molecular flexibility index (Phi) is 5.60. The SMILES string of the molecule is CCC(SC1=NCCS1)C(=O)Nc1cccc(Cl)c1. The number of carbonyl (C=O) groups excluding carboxylic acids is 1. The number of amides is 1. The van der Waals surface area contributed by atoms with E-state index < -0.39 is 0 Å². The van der Waals surface area contributed by atoms with E-state index in [1.165, 1.54) is 0 Å². The van der Waals surface area contributed by atoms with Gasteiger partial charge in [0.2, 0.25) is 5.91 Å². The third-order valence-electron chi connectivity index (χ3n) is 2.56. The van der Waals surface area contributed by atoms with Crippen molar-refractivity contribution in [2.75, 3.05) is 17.6 Å². The van der Waals surface area contributed by atoms with Crippen LogP contribution in [0.3, 0.4) is 0 Å². The summed E-state index contributed by atoms with van der Waals surface area (Å²) in [4.78, 5) is 16.6. The normalized spacial score (nSPS) is 16.0. The number of anilines is 1. The fourth-order valence-corrected chi connectivity index (χ4v) is 3.96. The van der Waals surface area contributed by atoms with Gasteiger partial charge in [-0.05, 0) is 24.6 Å². The second-order valence-corrected chi connectivity index (χ2v) is 6.98. The van der Waals surface area contributed by atoms with Crippen molar-refractivity contribution in [3.8, 4) is 0 Å². The van der Waals surface area contributed by atoms with Gasteiger partial charge >= 0.3 is 0 Å². The second kappa shape index (κ2) is 7.22. The zero-order chi connectivity index (χ0) is 13.7. The summed E-state index contributed by atoms with van der Waals surface area (Å²) in [6, 6.07) is 7.19. The topological polar surface area (TPSA) is 41.5 Å². The van der Waals surface area contributed by atoms with E-state index in [0.717, 1.165) is 28.8 Å². The number of hydrogen-bond donors (Lipinski definition) is 1. The van der Waals surface area contributed by atoms with Crippen LogP contribution in [0.15, 0.2) is 29.3 Å². The van der Waals surface area contributed by atoms with Crippen molar-refractivity contribution in [2.45, 2.75) is 18.6 Å². The molecule has 1 aromatic rings. The van der Waals surface area contributed by atoms with Crippen LogP contribution >= 0.6 is 35.1 Å². The number of thioether (sulfide) groups is 2. The lowest BCUT2D eigenvalue weighted by atomic mass is 10.3. The van der Waals surface area contributed by atoms with Crippen molar-refractivity contribution in [2.24, 2.45) is 4.99 Å². The summed E-state index contributed by atoms with van der Waals surface area (Å²) in [5.74, 6) is 1.03. The summed E-state index contributed by atoms with van der Waals surface area (Å²) >= 11 is 9.18. The van der Waals surface area contributed by atoms with E-state index in [-0.39, 0.29) is 11.2 Å². The lowest BCUT2D eigenvalue weighted by molar-refractivity contribution is -0.115. The summed E-state index contributed by atoms with van der Waals surface area (Å²) in [6.45, 7) is 2.87. The zero-order valence-corrected chi connectivity index (χ0v) is 12.9. The van der Waals surface area contributed by atoms with Crippen molar-refractivity contribution in [1.29, 1.82) is 0 Å². The van der Waals surface area contributed by atoms with Gasteiger partial charge in [-0.25, -0.2) is 0 Å². The Morgan fingerprint density at radius 3 is 3.11 bits per heavy atom. The summed E-state index contributed by atoms with van der Waals surface area (Å²) in [7, 11) is 0. The second-order valence-electron chi connectivity index (χ2n) is 4.01. The maximum absolute atomic E-state index is 12.2. The Morgan fingerprint density at radius 1 is 1.63 bits per heavy atom. The van der Waals surface area contributed by atoms with E-state index in [1.54, 1.807) is 35.7 Å². The first kappa shape index (κ1) is 14.8. The van der Waals surface area contributed by atoms with Gasteiger partial charge in [0.25, 0.3) is 0 Å². The van der Waals surface area contributed by atoms with Crippen molar-refractivity contribution >= 4 is 51.1 Å². The summed E-state index contributed by atoms with van der Waals surface area (Å²) in [5.41, 5.74) is 0.734. The molecule has 1 atom stereocenters. The minimum Gasteiger partial charge on any atom is -0.325 e. The van der Waals surface area contributed by atoms with Crippen LogP contribution in [-0.4, -0.2) is 27.8 Å². The highest BCUT2D eigenvalue weighted by atomic mass is 35.5. The number of carbonyl (C=O) groups is 1. The number of benzene rings is 1. The third-order valence-corrected chi connectivity index (χ3v) is 5.36. The zero-order valence-electron chi connectivity index (χ0n) is 10.6. The van der Waals surface area contributed by atoms with Gasteiger partial charge in [0, 0.05) is 16.5 Å². The largest absolute Gasteiger partial charge is 0.325 e. The predicted molar refractivity (Wildman–Crippen MR) is 86.5 cm³/mol. The standard InChI is InChI=1S/C13H15ClN2OS2/c1-2-11(19-13-15-6-7-18-13)12(17)16-10-5-3-4-9(14)8-10/h3-5,8,11H,2,6-7H2,1H3,(H,16,17). The van der Waals surface area contributed by atoms with Gasteiger partial charge in [-0.2, -0.15) is 0 Å². The molecule has 0 radical (unpaired) electrons. The molecule has 1 aromatic carbocycles. The van der Waals surface area contributed by atoms with E-state index in [1.807, 2.05) is 19.1 Å².